The summed E-state index contributed by atoms with van der Waals surface area (Å²) in [5, 5.41) is 24.6. The third kappa shape index (κ3) is 7.67. The average molecular weight is 576 g/mol. The molecule has 1 unspecified atom stereocenters. The molecule has 3 rings (SSSR count). The SMILES string of the molecule is CC(c1ccc(NC(=O)NCC(C)(C)O)cc1)C1CCN(Cc2ccc(C(O)(C(F)(F)F)C(F)(F)F)cc2)CC1. The maximum atomic E-state index is 13.1. The van der Waals surface area contributed by atoms with E-state index in [1.54, 1.807) is 13.8 Å². The predicted molar refractivity (Wildman–Crippen MR) is 139 cm³/mol. The van der Waals surface area contributed by atoms with Crippen LogP contribution in [0.4, 0.5) is 36.8 Å². The van der Waals surface area contributed by atoms with E-state index in [1.807, 2.05) is 24.3 Å². The lowest BCUT2D eigenvalue weighted by molar-refractivity contribution is -0.376. The molecule has 0 aliphatic carbocycles. The van der Waals surface area contributed by atoms with Crippen LogP contribution >= 0.6 is 0 Å². The van der Waals surface area contributed by atoms with E-state index in [0.717, 1.165) is 18.4 Å². The van der Waals surface area contributed by atoms with Crippen molar-refractivity contribution in [1.82, 2.24) is 10.2 Å². The molecule has 1 aliphatic rings. The van der Waals surface area contributed by atoms with Crippen LogP contribution in [0.15, 0.2) is 48.5 Å². The standard InChI is InChI=1S/C28H35F6N3O3/c1-18(20-6-10-23(11-7-20)36-24(38)35-17-25(2,3)39)21-12-14-37(15-13-21)16-19-4-8-22(9-5-19)26(40,27(29,30)31)28(32,33)34/h4-11,18,21,39-40H,12-17H2,1-3H3,(H2,35,36,38). The minimum atomic E-state index is -5.91. The topological polar surface area (TPSA) is 84.8 Å². The number of nitrogens with zero attached hydrogens (tertiary/aromatic N) is 1. The van der Waals surface area contributed by atoms with E-state index in [9.17, 15) is 41.4 Å². The number of halogens is 6. The monoisotopic (exact) mass is 575 g/mol. The van der Waals surface area contributed by atoms with Gasteiger partial charge in [-0.05, 0) is 74.9 Å². The maximum absolute atomic E-state index is 13.1. The van der Waals surface area contributed by atoms with Crippen molar-refractivity contribution >= 4 is 11.7 Å². The molecule has 2 aromatic carbocycles. The van der Waals surface area contributed by atoms with Crippen molar-refractivity contribution in [3.8, 4) is 0 Å². The maximum Gasteiger partial charge on any atom is 0.430 e. The van der Waals surface area contributed by atoms with Crippen LogP contribution in [0, 0.1) is 5.92 Å². The van der Waals surface area contributed by atoms with Crippen molar-refractivity contribution in [2.45, 2.75) is 69.6 Å². The smallest absolute Gasteiger partial charge is 0.389 e. The number of rotatable bonds is 8. The van der Waals surface area contributed by atoms with Gasteiger partial charge in [0.05, 0.1) is 5.60 Å². The average Bonchev–Trinajstić information content (AvgIpc) is 2.86. The van der Waals surface area contributed by atoms with Gasteiger partial charge in [0, 0.05) is 24.3 Å². The number of anilines is 1. The lowest BCUT2D eigenvalue weighted by Crippen LogP contribution is -2.53. The molecule has 12 heteroatoms. The van der Waals surface area contributed by atoms with Crippen molar-refractivity contribution < 1.29 is 41.4 Å². The summed E-state index contributed by atoms with van der Waals surface area (Å²) < 4.78 is 78.7. The number of hydrogen-bond donors (Lipinski definition) is 4. The van der Waals surface area contributed by atoms with E-state index in [4.69, 9.17) is 0 Å². The Bertz CT molecular complexity index is 1110. The molecule has 2 aromatic rings. The third-order valence-electron chi connectivity index (χ3n) is 7.31. The molecule has 0 bridgehead atoms. The van der Waals surface area contributed by atoms with E-state index in [2.05, 4.69) is 22.5 Å². The number of alkyl halides is 6. The molecular weight excluding hydrogens is 540 g/mol. The first kappa shape index (κ1) is 31.7. The number of likely N-dealkylation sites (tertiary alicyclic amines) is 1. The molecule has 0 aromatic heterocycles. The molecule has 4 N–H and O–H groups in total. The van der Waals surface area contributed by atoms with Crippen molar-refractivity contribution in [1.29, 1.82) is 0 Å². The number of aliphatic hydroxyl groups is 2. The fourth-order valence-electron chi connectivity index (χ4n) is 4.82. The molecule has 0 radical (unpaired) electrons. The Morgan fingerprint density at radius 1 is 0.925 bits per heavy atom. The third-order valence-corrected chi connectivity index (χ3v) is 7.31. The van der Waals surface area contributed by atoms with Crippen molar-refractivity contribution in [2.75, 3.05) is 25.0 Å². The fourth-order valence-corrected chi connectivity index (χ4v) is 4.82. The van der Waals surface area contributed by atoms with E-state index < -0.39 is 35.1 Å². The van der Waals surface area contributed by atoms with Gasteiger partial charge in [0.2, 0.25) is 0 Å². The van der Waals surface area contributed by atoms with Crippen LogP contribution in [0.1, 0.15) is 56.2 Å². The second kappa shape index (κ2) is 12.0. The van der Waals surface area contributed by atoms with Gasteiger partial charge < -0.3 is 20.8 Å². The van der Waals surface area contributed by atoms with Crippen LogP contribution in [0.2, 0.25) is 0 Å². The Labute approximate surface area is 229 Å². The van der Waals surface area contributed by atoms with Gasteiger partial charge >= 0.3 is 18.4 Å². The summed E-state index contributed by atoms with van der Waals surface area (Å²) in [5.41, 5.74) is -4.93. The van der Waals surface area contributed by atoms with Gasteiger partial charge in [0.15, 0.2) is 0 Å². The summed E-state index contributed by atoms with van der Waals surface area (Å²) in [6.07, 6.45) is -10.1. The minimum absolute atomic E-state index is 0.109. The molecule has 1 heterocycles. The normalized spacial score (nSPS) is 17.0. The highest BCUT2D eigenvalue weighted by Crippen LogP contribution is 2.50. The summed E-state index contributed by atoms with van der Waals surface area (Å²) in [6, 6.07) is 10.9. The molecule has 222 valence electrons. The Morgan fingerprint density at radius 2 is 1.45 bits per heavy atom. The lowest BCUT2D eigenvalue weighted by atomic mass is 9.81. The Balaban J connectivity index is 1.53. The Hall–Kier alpha value is -2.83. The number of hydrogen-bond acceptors (Lipinski definition) is 4. The molecule has 40 heavy (non-hydrogen) atoms. The summed E-state index contributed by atoms with van der Waals surface area (Å²) in [5.74, 6) is 0.614. The number of amides is 2. The number of urea groups is 1. The van der Waals surface area contributed by atoms with Crippen LogP contribution in [0.25, 0.3) is 0 Å². The Kier molecular flexibility index (Phi) is 9.47. The van der Waals surface area contributed by atoms with E-state index in [1.165, 1.54) is 12.1 Å². The van der Waals surface area contributed by atoms with E-state index in [-0.39, 0.29) is 12.5 Å². The van der Waals surface area contributed by atoms with Crippen LogP contribution < -0.4 is 10.6 Å². The second-order valence-electron chi connectivity index (χ2n) is 11.0. The molecule has 1 atom stereocenters. The van der Waals surface area contributed by atoms with Crippen LogP contribution in [0.5, 0.6) is 0 Å². The van der Waals surface area contributed by atoms with E-state index >= 15 is 0 Å². The van der Waals surface area contributed by atoms with E-state index in [0.29, 0.717) is 48.9 Å². The summed E-state index contributed by atoms with van der Waals surface area (Å²) >= 11 is 0. The summed E-state index contributed by atoms with van der Waals surface area (Å²) in [6.45, 7) is 7.22. The summed E-state index contributed by atoms with van der Waals surface area (Å²) in [7, 11) is 0. The number of carbonyl (C=O) groups is 1. The van der Waals surface area contributed by atoms with Gasteiger partial charge in [0.25, 0.3) is 5.60 Å². The molecule has 1 fully saturated rings. The first-order valence-electron chi connectivity index (χ1n) is 13.0. The highest BCUT2D eigenvalue weighted by Gasteiger charge is 2.71. The van der Waals surface area contributed by atoms with Crippen molar-refractivity contribution in [3.05, 3.63) is 65.2 Å². The molecular formula is C28H35F6N3O3. The molecule has 2 amide bonds. The zero-order chi connectivity index (χ0) is 29.9. The molecule has 1 saturated heterocycles. The number of piperidine rings is 1. The second-order valence-corrected chi connectivity index (χ2v) is 11.0. The zero-order valence-corrected chi connectivity index (χ0v) is 22.5. The first-order valence-corrected chi connectivity index (χ1v) is 13.0. The van der Waals surface area contributed by atoms with Crippen molar-refractivity contribution in [3.63, 3.8) is 0 Å². The lowest BCUT2D eigenvalue weighted by Gasteiger charge is -2.35. The van der Waals surface area contributed by atoms with Gasteiger partial charge in [-0.25, -0.2) is 4.79 Å². The van der Waals surface area contributed by atoms with Gasteiger partial charge in [0.1, 0.15) is 0 Å². The van der Waals surface area contributed by atoms with Crippen molar-refractivity contribution in [2.24, 2.45) is 5.92 Å². The summed E-state index contributed by atoms with van der Waals surface area (Å²) in [4.78, 5) is 14.1. The van der Waals surface area contributed by atoms with Crippen LogP contribution in [-0.4, -0.2) is 58.7 Å². The van der Waals surface area contributed by atoms with Crippen LogP contribution in [-0.2, 0) is 12.1 Å². The molecule has 0 saturated carbocycles. The molecule has 6 nitrogen and oxygen atoms in total. The largest absolute Gasteiger partial charge is 0.430 e. The van der Waals surface area contributed by atoms with Crippen LogP contribution in [0.3, 0.4) is 0 Å². The number of benzene rings is 2. The van der Waals surface area contributed by atoms with Gasteiger partial charge in [-0.2, -0.15) is 26.3 Å². The first-order chi connectivity index (χ1) is 18.4. The minimum Gasteiger partial charge on any atom is -0.389 e. The fraction of sp³-hybridized carbons (Fsp3) is 0.536. The van der Waals surface area contributed by atoms with Gasteiger partial charge in [-0.3, -0.25) is 4.90 Å². The van der Waals surface area contributed by atoms with Gasteiger partial charge in [-0.15, -0.1) is 0 Å². The molecule has 0 spiro atoms. The highest BCUT2D eigenvalue weighted by molar-refractivity contribution is 5.89. The quantitative estimate of drug-likeness (QED) is 0.295. The Morgan fingerprint density at radius 3 is 1.93 bits per heavy atom. The highest BCUT2D eigenvalue weighted by atomic mass is 19.4. The molecule has 1 aliphatic heterocycles. The number of nitrogens with one attached hydrogen (secondary N) is 2. The predicted octanol–water partition coefficient (Wildman–Crippen LogP) is 5.91. The number of carbonyl (C=O) groups excluding carboxylic acids is 1. The zero-order valence-electron chi connectivity index (χ0n) is 22.5. The van der Waals surface area contributed by atoms with Gasteiger partial charge in [-0.1, -0.05) is 43.3 Å².